The van der Waals surface area contributed by atoms with E-state index in [-0.39, 0.29) is 16.3 Å². The number of carbonyl (C=O) groups is 1. The van der Waals surface area contributed by atoms with Gasteiger partial charge in [-0.05, 0) is 37.3 Å². The van der Waals surface area contributed by atoms with E-state index in [9.17, 15) is 26.4 Å². The Kier molecular flexibility index (Phi) is 6.37. The number of rotatable bonds is 5. The average Bonchev–Trinajstić information content (AvgIpc) is 2.68. The maximum absolute atomic E-state index is 13.2. The summed E-state index contributed by atoms with van der Waals surface area (Å²) in [6.07, 6.45) is -4.54. The normalized spacial score (nSPS) is 15.1. The van der Waals surface area contributed by atoms with Crippen LogP contribution in [0.3, 0.4) is 0 Å². The van der Waals surface area contributed by atoms with Gasteiger partial charge in [-0.15, -0.1) is 0 Å². The molecule has 0 aliphatic carbocycles. The van der Waals surface area contributed by atoms with Crippen molar-refractivity contribution in [1.29, 1.82) is 0 Å². The quantitative estimate of drug-likeness (QED) is 0.769. The fourth-order valence-electron chi connectivity index (χ4n) is 3.07. The van der Waals surface area contributed by atoms with Gasteiger partial charge < -0.3 is 15.0 Å². The van der Waals surface area contributed by atoms with Crippen molar-refractivity contribution in [3.05, 3.63) is 53.6 Å². The van der Waals surface area contributed by atoms with Gasteiger partial charge in [0.05, 0.1) is 35.0 Å². The van der Waals surface area contributed by atoms with Gasteiger partial charge in [0.1, 0.15) is 5.75 Å². The Labute approximate surface area is 172 Å². The third kappa shape index (κ3) is 5.31. The summed E-state index contributed by atoms with van der Waals surface area (Å²) < 4.78 is 69.7. The summed E-state index contributed by atoms with van der Waals surface area (Å²) in [6.45, 7) is 3.19. The molecule has 1 aliphatic rings. The lowest BCUT2D eigenvalue weighted by Gasteiger charge is -2.31. The second-order valence-electron chi connectivity index (χ2n) is 6.95. The van der Waals surface area contributed by atoms with Crippen molar-refractivity contribution in [2.24, 2.45) is 0 Å². The molecule has 10 heteroatoms. The molecule has 1 saturated heterocycles. The molecule has 0 aromatic heterocycles. The summed E-state index contributed by atoms with van der Waals surface area (Å²) >= 11 is 0. The van der Waals surface area contributed by atoms with Gasteiger partial charge in [0.2, 0.25) is 5.91 Å². The standard InChI is InChI=1S/C20H21F3N2O4S/c1-14-2-5-16(6-3-14)30(27,28)13-19(26)24-17-7-4-15(20(21,22)23)12-18(17)25-8-10-29-11-9-25/h2-7,12H,8-11,13H2,1H3,(H,24,26). The van der Waals surface area contributed by atoms with Crippen molar-refractivity contribution in [3.63, 3.8) is 0 Å². The summed E-state index contributed by atoms with van der Waals surface area (Å²) in [7, 11) is -3.89. The number of carbonyl (C=O) groups excluding carboxylic acids is 1. The Morgan fingerprint density at radius 3 is 2.33 bits per heavy atom. The zero-order valence-corrected chi connectivity index (χ0v) is 17.0. The van der Waals surface area contributed by atoms with Crippen LogP contribution in [-0.4, -0.2) is 46.4 Å². The number of aryl methyl sites for hydroxylation is 1. The first kappa shape index (κ1) is 22.1. The number of hydrogen-bond acceptors (Lipinski definition) is 5. The predicted octanol–water partition coefficient (Wildman–Crippen LogP) is 3.26. The van der Waals surface area contributed by atoms with Crippen LogP contribution in [0.2, 0.25) is 0 Å². The smallest absolute Gasteiger partial charge is 0.378 e. The topological polar surface area (TPSA) is 75.7 Å². The number of benzene rings is 2. The molecular formula is C20H21F3N2O4S. The molecule has 0 spiro atoms. The molecule has 0 atom stereocenters. The number of ether oxygens (including phenoxy) is 1. The monoisotopic (exact) mass is 442 g/mol. The fourth-order valence-corrected chi connectivity index (χ4v) is 4.20. The number of anilines is 2. The number of nitrogens with zero attached hydrogens (tertiary/aromatic N) is 1. The van der Waals surface area contributed by atoms with Crippen LogP contribution in [0.25, 0.3) is 0 Å². The Morgan fingerprint density at radius 1 is 1.10 bits per heavy atom. The van der Waals surface area contributed by atoms with Gasteiger partial charge in [-0.25, -0.2) is 8.42 Å². The largest absolute Gasteiger partial charge is 0.416 e. The average molecular weight is 442 g/mol. The fraction of sp³-hybridized carbons (Fsp3) is 0.350. The molecule has 1 heterocycles. The highest BCUT2D eigenvalue weighted by molar-refractivity contribution is 7.92. The van der Waals surface area contributed by atoms with Gasteiger partial charge in [0.15, 0.2) is 9.84 Å². The van der Waals surface area contributed by atoms with Crippen LogP contribution in [0.15, 0.2) is 47.4 Å². The van der Waals surface area contributed by atoms with E-state index in [1.807, 2.05) is 0 Å². The molecule has 1 fully saturated rings. The van der Waals surface area contributed by atoms with Gasteiger partial charge >= 0.3 is 6.18 Å². The molecule has 2 aromatic carbocycles. The van der Waals surface area contributed by atoms with Crippen molar-refractivity contribution in [1.82, 2.24) is 0 Å². The number of hydrogen-bond donors (Lipinski definition) is 1. The van der Waals surface area contributed by atoms with Crippen molar-refractivity contribution in [3.8, 4) is 0 Å². The molecule has 3 rings (SSSR count). The van der Waals surface area contributed by atoms with Crippen molar-refractivity contribution < 1.29 is 31.1 Å². The van der Waals surface area contributed by atoms with Gasteiger partial charge in [-0.1, -0.05) is 17.7 Å². The van der Waals surface area contributed by atoms with E-state index < -0.39 is 33.2 Å². The zero-order chi connectivity index (χ0) is 21.9. The molecule has 6 nitrogen and oxygen atoms in total. The number of morpholine rings is 1. The highest BCUT2D eigenvalue weighted by Gasteiger charge is 2.32. The lowest BCUT2D eigenvalue weighted by atomic mass is 10.1. The van der Waals surface area contributed by atoms with Crippen LogP contribution < -0.4 is 10.2 Å². The van der Waals surface area contributed by atoms with E-state index in [0.717, 1.165) is 23.8 Å². The minimum Gasteiger partial charge on any atom is -0.378 e. The van der Waals surface area contributed by atoms with Crippen LogP contribution >= 0.6 is 0 Å². The van der Waals surface area contributed by atoms with Crippen LogP contribution in [0, 0.1) is 6.92 Å². The summed E-state index contributed by atoms with van der Waals surface area (Å²) in [4.78, 5) is 14.1. The Hall–Kier alpha value is -2.59. The van der Waals surface area contributed by atoms with E-state index in [2.05, 4.69) is 5.32 Å². The minimum atomic E-state index is -4.54. The van der Waals surface area contributed by atoms with E-state index in [0.29, 0.717) is 26.3 Å². The van der Waals surface area contributed by atoms with Gasteiger partial charge in [-0.2, -0.15) is 13.2 Å². The molecule has 1 amide bonds. The van der Waals surface area contributed by atoms with Crippen LogP contribution in [0.1, 0.15) is 11.1 Å². The molecule has 30 heavy (non-hydrogen) atoms. The van der Waals surface area contributed by atoms with Gasteiger partial charge in [-0.3, -0.25) is 4.79 Å². The Balaban J connectivity index is 1.84. The highest BCUT2D eigenvalue weighted by Crippen LogP contribution is 2.36. The first-order valence-electron chi connectivity index (χ1n) is 9.19. The van der Waals surface area contributed by atoms with E-state index in [1.54, 1.807) is 24.0 Å². The molecule has 1 aliphatic heterocycles. The zero-order valence-electron chi connectivity index (χ0n) is 16.2. The lowest BCUT2D eigenvalue weighted by Crippen LogP contribution is -2.37. The molecule has 1 N–H and O–H groups in total. The third-order valence-corrected chi connectivity index (χ3v) is 6.28. The van der Waals surface area contributed by atoms with Crippen LogP contribution in [0.4, 0.5) is 24.5 Å². The minimum absolute atomic E-state index is 0.00377. The Morgan fingerprint density at radius 2 is 1.73 bits per heavy atom. The summed E-state index contributed by atoms with van der Waals surface area (Å²) in [5, 5.41) is 2.46. The second kappa shape index (κ2) is 8.65. The number of halogens is 3. The van der Waals surface area contributed by atoms with Crippen molar-refractivity contribution >= 4 is 27.1 Å². The van der Waals surface area contributed by atoms with Crippen LogP contribution in [0.5, 0.6) is 0 Å². The van der Waals surface area contributed by atoms with E-state index >= 15 is 0 Å². The van der Waals surface area contributed by atoms with Gasteiger partial charge in [0.25, 0.3) is 0 Å². The molecule has 0 saturated carbocycles. The highest BCUT2D eigenvalue weighted by atomic mass is 32.2. The first-order valence-corrected chi connectivity index (χ1v) is 10.8. The SMILES string of the molecule is Cc1ccc(S(=O)(=O)CC(=O)Nc2ccc(C(F)(F)F)cc2N2CCOCC2)cc1. The summed E-state index contributed by atoms with van der Waals surface area (Å²) in [6, 6.07) is 9.02. The lowest BCUT2D eigenvalue weighted by molar-refractivity contribution is -0.137. The number of nitrogens with one attached hydrogen (secondary N) is 1. The summed E-state index contributed by atoms with van der Waals surface area (Å²) in [5.74, 6) is -1.65. The number of amides is 1. The van der Waals surface area contributed by atoms with Gasteiger partial charge in [0, 0.05) is 13.1 Å². The second-order valence-corrected chi connectivity index (χ2v) is 8.94. The first-order chi connectivity index (χ1) is 14.1. The Bertz CT molecular complexity index is 1020. The maximum Gasteiger partial charge on any atom is 0.416 e. The van der Waals surface area contributed by atoms with Crippen LogP contribution in [-0.2, 0) is 25.5 Å². The van der Waals surface area contributed by atoms with Crippen molar-refractivity contribution in [2.75, 3.05) is 42.3 Å². The van der Waals surface area contributed by atoms with Crippen molar-refractivity contribution in [2.45, 2.75) is 18.0 Å². The van der Waals surface area contributed by atoms with E-state index in [1.165, 1.54) is 12.1 Å². The van der Waals surface area contributed by atoms with E-state index in [4.69, 9.17) is 4.74 Å². The molecule has 0 unspecified atom stereocenters. The predicted molar refractivity (Wildman–Crippen MR) is 106 cm³/mol. The molecular weight excluding hydrogens is 421 g/mol. The third-order valence-electron chi connectivity index (χ3n) is 4.65. The number of sulfone groups is 1. The molecule has 162 valence electrons. The maximum atomic E-state index is 13.2. The molecule has 0 radical (unpaired) electrons. The molecule has 0 bridgehead atoms. The number of alkyl halides is 3. The summed E-state index contributed by atoms with van der Waals surface area (Å²) in [5.41, 5.74) is 0.316. The molecule has 2 aromatic rings.